The summed E-state index contributed by atoms with van der Waals surface area (Å²) in [7, 11) is 0. The maximum absolute atomic E-state index is 9.36. The van der Waals surface area contributed by atoms with Crippen molar-refractivity contribution >= 4 is 22.4 Å². The summed E-state index contributed by atoms with van der Waals surface area (Å²) in [5, 5.41) is 11.7. The van der Waals surface area contributed by atoms with Gasteiger partial charge in [-0.3, -0.25) is 0 Å². The van der Waals surface area contributed by atoms with Gasteiger partial charge < -0.3 is 4.42 Å². The van der Waals surface area contributed by atoms with Gasteiger partial charge in [-0.05, 0) is 47.5 Å². The lowest BCUT2D eigenvalue weighted by molar-refractivity contribution is 0.525. The third kappa shape index (κ3) is 2.34. The molecule has 0 amide bonds. The summed E-state index contributed by atoms with van der Waals surface area (Å²) in [6.07, 6.45) is 1.77. The number of aryl methyl sites for hydroxylation is 1. The van der Waals surface area contributed by atoms with E-state index in [1.807, 2.05) is 55.5 Å². The first kappa shape index (κ1) is 12.3. The first-order chi connectivity index (χ1) is 9.76. The largest absolute Gasteiger partial charge is 0.462 e. The number of benzene rings is 2. The summed E-state index contributed by atoms with van der Waals surface area (Å²) in [5.41, 5.74) is 1.50. The number of hydrogen-bond acceptors (Lipinski definition) is 2. The van der Waals surface area contributed by atoms with Crippen molar-refractivity contribution in [2.24, 2.45) is 0 Å². The third-order valence-electron chi connectivity index (χ3n) is 3.23. The zero-order chi connectivity index (χ0) is 13.9. The van der Waals surface area contributed by atoms with Crippen LogP contribution >= 0.6 is 0 Å². The molecule has 3 rings (SSSR count). The molecule has 2 nitrogen and oxygen atoms in total. The van der Waals surface area contributed by atoms with Crippen LogP contribution in [0.25, 0.3) is 22.4 Å². The number of rotatable bonds is 2. The summed E-state index contributed by atoms with van der Waals surface area (Å²) < 4.78 is 5.50. The predicted molar refractivity (Wildman–Crippen MR) is 80.9 cm³/mol. The Hall–Kier alpha value is -2.79. The fourth-order valence-corrected chi connectivity index (χ4v) is 2.21. The minimum atomic E-state index is 0.602. The van der Waals surface area contributed by atoms with Crippen LogP contribution in [0.4, 0.5) is 0 Å². The van der Waals surface area contributed by atoms with Gasteiger partial charge in [-0.15, -0.1) is 0 Å². The molecule has 2 heteroatoms. The summed E-state index contributed by atoms with van der Waals surface area (Å²) in [4.78, 5) is 0. The van der Waals surface area contributed by atoms with Crippen LogP contribution in [0.15, 0.2) is 59.0 Å². The van der Waals surface area contributed by atoms with Gasteiger partial charge in [0.05, 0.1) is 11.6 Å². The average Bonchev–Trinajstić information content (AvgIpc) is 2.89. The molecule has 2 aromatic carbocycles. The van der Waals surface area contributed by atoms with E-state index >= 15 is 0 Å². The lowest BCUT2D eigenvalue weighted by Gasteiger charge is -2.02. The zero-order valence-corrected chi connectivity index (χ0v) is 11.1. The van der Waals surface area contributed by atoms with Gasteiger partial charge in [0.25, 0.3) is 0 Å². The second kappa shape index (κ2) is 5.07. The molecule has 0 N–H and O–H groups in total. The molecule has 0 fully saturated rings. The van der Waals surface area contributed by atoms with Crippen molar-refractivity contribution in [3.63, 3.8) is 0 Å². The molecule has 0 bridgehead atoms. The standard InChI is InChI=1S/C18H13NO/c1-13-6-9-18(20-13)11-17(12-19)16-8-7-14-4-2-3-5-15(14)10-16/h2-11H,1H3/b17-11-. The molecule has 0 aliphatic rings. The van der Waals surface area contributed by atoms with Crippen LogP contribution < -0.4 is 0 Å². The van der Waals surface area contributed by atoms with E-state index in [-0.39, 0.29) is 0 Å². The van der Waals surface area contributed by atoms with Crippen molar-refractivity contribution in [3.8, 4) is 6.07 Å². The van der Waals surface area contributed by atoms with Crippen molar-refractivity contribution in [2.45, 2.75) is 6.92 Å². The van der Waals surface area contributed by atoms with E-state index < -0.39 is 0 Å². The average molecular weight is 259 g/mol. The maximum atomic E-state index is 9.36. The normalized spacial score (nSPS) is 11.5. The zero-order valence-electron chi connectivity index (χ0n) is 11.1. The molecule has 1 aromatic heterocycles. The molecule has 0 saturated carbocycles. The van der Waals surface area contributed by atoms with E-state index in [0.717, 1.165) is 16.7 Å². The van der Waals surface area contributed by atoms with Gasteiger partial charge in [0, 0.05) is 0 Å². The van der Waals surface area contributed by atoms with Crippen LogP contribution in [-0.4, -0.2) is 0 Å². The summed E-state index contributed by atoms with van der Waals surface area (Å²) in [6.45, 7) is 1.89. The summed E-state index contributed by atoms with van der Waals surface area (Å²) in [5.74, 6) is 1.54. The van der Waals surface area contributed by atoms with Gasteiger partial charge in [-0.1, -0.05) is 36.4 Å². The molecule has 0 radical (unpaired) electrons. The van der Waals surface area contributed by atoms with Gasteiger partial charge in [0.15, 0.2) is 0 Å². The number of fused-ring (bicyclic) bond motifs is 1. The monoisotopic (exact) mass is 259 g/mol. The van der Waals surface area contributed by atoms with Crippen LogP contribution in [0.2, 0.25) is 0 Å². The van der Waals surface area contributed by atoms with E-state index in [1.165, 1.54) is 5.39 Å². The number of nitriles is 1. The highest BCUT2D eigenvalue weighted by atomic mass is 16.3. The van der Waals surface area contributed by atoms with Gasteiger partial charge in [-0.25, -0.2) is 0 Å². The predicted octanol–water partition coefficient (Wildman–Crippen LogP) is 4.81. The molecular weight excluding hydrogens is 246 g/mol. The van der Waals surface area contributed by atoms with E-state index in [1.54, 1.807) is 6.08 Å². The number of nitrogens with zero attached hydrogens (tertiary/aromatic N) is 1. The smallest absolute Gasteiger partial charge is 0.128 e. The molecule has 96 valence electrons. The Morgan fingerprint density at radius 2 is 1.85 bits per heavy atom. The molecule has 1 heterocycles. The molecule has 20 heavy (non-hydrogen) atoms. The SMILES string of the molecule is Cc1ccc(/C=C(/C#N)c2ccc3ccccc3c2)o1. The van der Waals surface area contributed by atoms with Crippen molar-refractivity contribution in [1.82, 2.24) is 0 Å². The quantitative estimate of drug-likeness (QED) is 0.619. The summed E-state index contributed by atoms with van der Waals surface area (Å²) >= 11 is 0. The minimum Gasteiger partial charge on any atom is -0.462 e. The van der Waals surface area contributed by atoms with Gasteiger partial charge >= 0.3 is 0 Å². The molecular formula is C18H13NO. The fraction of sp³-hybridized carbons (Fsp3) is 0.0556. The van der Waals surface area contributed by atoms with Crippen LogP contribution in [0, 0.1) is 18.3 Å². The fourth-order valence-electron chi connectivity index (χ4n) is 2.21. The Kier molecular flexibility index (Phi) is 3.10. The van der Waals surface area contributed by atoms with Crippen molar-refractivity contribution < 1.29 is 4.42 Å². The van der Waals surface area contributed by atoms with Crippen molar-refractivity contribution in [2.75, 3.05) is 0 Å². The Morgan fingerprint density at radius 1 is 1.05 bits per heavy atom. The highest BCUT2D eigenvalue weighted by Crippen LogP contribution is 2.23. The Balaban J connectivity index is 2.07. The van der Waals surface area contributed by atoms with Crippen LogP contribution in [-0.2, 0) is 0 Å². The van der Waals surface area contributed by atoms with E-state index in [0.29, 0.717) is 11.3 Å². The van der Waals surface area contributed by atoms with Crippen LogP contribution in [0.3, 0.4) is 0 Å². The number of hydrogen-bond donors (Lipinski definition) is 0. The highest BCUT2D eigenvalue weighted by Gasteiger charge is 2.04. The third-order valence-corrected chi connectivity index (χ3v) is 3.23. The Morgan fingerprint density at radius 3 is 2.55 bits per heavy atom. The lowest BCUT2D eigenvalue weighted by Crippen LogP contribution is -1.82. The second-order valence-corrected chi connectivity index (χ2v) is 4.68. The second-order valence-electron chi connectivity index (χ2n) is 4.68. The van der Waals surface area contributed by atoms with E-state index in [4.69, 9.17) is 4.42 Å². The van der Waals surface area contributed by atoms with E-state index in [9.17, 15) is 5.26 Å². The molecule has 0 spiro atoms. The van der Waals surface area contributed by atoms with Crippen LogP contribution in [0.1, 0.15) is 17.1 Å². The van der Waals surface area contributed by atoms with E-state index in [2.05, 4.69) is 12.1 Å². The van der Waals surface area contributed by atoms with Crippen molar-refractivity contribution in [1.29, 1.82) is 5.26 Å². The molecule has 0 unspecified atom stereocenters. The molecule has 0 atom stereocenters. The number of furan rings is 1. The topological polar surface area (TPSA) is 36.9 Å². The number of allylic oxidation sites excluding steroid dienone is 1. The first-order valence-corrected chi connectivity index (χ1v) is 6.44. The van der Waals surface area contributed by atoms with Gasteiger partial charge in [0.2, 0.25) is 0 Å². The van der Waals surface area contributed by atoms with Crippen LogP contribution in [0.5, 0.6) is 0 Å². The Bertz CT molecular complexity index is 834. The molecule has 0 aliphatic carbocycles. The highest BCUT2D eigenvalue weighted by molar-refractivity contribution is 5.93. The maximum Gasteiger partial charge on any atom is 0.128 e. The van der Waals surface area contributed by atoms with Crippen molar-refractivity contribution in [3.05, 3.63) is 71.7 Å². The van der Waals surface area contributed by atoms with Gasteiger partial charge in [0.1, 0.15) is 11.5 Å². The molecule has 3 aromatic rings. The van der Waals surface area contributed by atoms with Gasteiger partial charge in [-0.2, -0.15) is 5.26 Å². The lowest BCUT2D eigenvalue weighted by atomic mass is 10.0. The summed E-state index contributed by atoms with van der Waals surface area (Å²) in [6, 6.07) is 20.1. The molecule has 0 saturated heterocycles. The Labute approximate surface area is 117 Å². The first-order valence-electron chi connectivity index (χ1n) is 6.44. The molecule has 0 aliphatic heterocycles. The minimum absolute atomic E-state index is 0.602.